The smallest absolute Gasteiger partial charge is 0.358 e. The molecule has 0 spiro atoms. The van der Waals surface area contributed by atoms with Gasteiger partial charge in [0.2, 0.25) is 0 Å². The minimum atomic E-state index is -0.441. The second-order valence-corrected chi connectivity index (χ2v) is 3.85. The van der Waals surface area contributed by atoms with Crippen LogP contribution in [0.1, 0.15) is 21.9 Å². The molecule has 0 radical (unpaired) electrons. The van der Waals surface area contributed by atoms with E-state index in [1.807, 2.05) is 20.0 Å². The summed E-state index contributed by atoms with van der Waals surface area (Å²) >= 11 is 0. The lowest BCUT2D eigenvalue weighted by atomic mass is 10.3. The van der Waals surface area contributed by atoms with Gasteiger partial charge >= 0.3 is 5.97 Å². The molecule has 0 fully saturated rings. The van der Waals surface area contributed by atoms with Gasteiger partial charge in [-0.3, -0.25) is 4.68 Å². The highest BCUT2D eigenvalue weighted by molar-refractivity contribution is 5.89. The van der Waals surface area contributed by atoms with Gasteiger partial charge in [-0.15, -0.1) is 0 Å². The van der Waals surface area contributed by atoms with Crippen molar-refractivity contribution in [3.8, 4) is 11.5 Å². The van der Waals surface area contributed by atoms with Crippen LogP contribution in [0.2, 0.25) is 0 Å². The summed E-state index contributed by atoms with van der Waals surface area (Å²) in [5, 5.41) is 4.23. The van der Waals surface area contributed by atoms with Crippen molar-refractivity contribution in [1.82, 2.24) is 19.7 Å². The van der Waals surface area contributed by atoms with E-state index in [2.05, 4.69) is 19.8 Å². The number of methoxy groups -OCH3 is 1. The number of nitrogens with one attached hydrogen (secondary N) is 1. The van der Waals surface area contributed by atoms with E-state index in [0.717, 1.165) is 11.4 Å². The number of aromatic nitrogens is 4. The Bertz CT molecular complexity index is 568. The third-order valence-electron chi connectivity index (χ3n) is 2.51. The molecule has 2 aromatic heterocycles. The third kappa shape index (κ3) is 1.93. The Balaban J connectivity index is 2.48. The predicted molar refractivity (Wildman–Crippen MR) is 61.6 cm³/mol. The summed E-state index contributed by atoms with van der Waals surface area (Å²) in [5.74, 6) is 0.176. The van der Waals surface area contributed by atoms with Crippen LogP contribution in [0.15, 0.2) is 6.07 Å². The van der Waals surface area contributed by atoms with Gasteiger partial charge in [-0.25, -0.2) is 9.78 Å². The first-order valence-electron chi connectivity index (χ1n) is 5.19. The summed E-state index contributed by atoms with van der Waals surface area (Å²) in [7, 11) is 3.17. The molecule has 0 bridgehead atoms. The number of aromatic amines is 1. The molecule has 6 nitrogen and oxygen atoms in total. The lowest BCUT2D eigenvalue weighted by Gasteiger charge is -1.95. The Hall–Kier alpha value is -2.11. The minimum absolute atomic E-state index is 0.307. The second kappa shape index (κ2) is 4.04. The molecule has 1 N–H and O–H groups in total. The molecule has 0 aliphatic heterocycles. The Morgan fingerprint density at radius 3 is 2.71 bits per heavy atom. The minimum Gasteiger partial charge on any atom is -0.464 e. The molecule has 17 heavy (non-hydrogen) atoms. The average Bonchev–Trinajstić information content (AvgIpc) is 2.80. The Morgan fingerprint density at radius 2 is 2.18 bits per heavy atom. The van der Waals surface area contributed by atoms with E-state index in [0.29, 0.717) is 17.2 Å². The molecule has 0 saturated carbocycles. The second-order valence-electron chi connectivity index (χ2n) is 3.85. The summed E-state index contributed by atoms with van der Waals surface area (Å²) in [6, 6.07) is 1.90. The van der Waals surface area contributed by atoms with Crippen LogP contribution in [-0.4, -0.2) is 32.8 Å². The van der Waals surface area contributed by atoms with Crippen LogP contribution in [0.3, 0.4) is 0 Å². The molecule has 0 unspecified atom stereocenters. The van der Waals surface area contributed by atoms with Gasteiger partial charge in [0.25, 0.3) is 0 Å². The molecule has 90 valence electrons. The number of carbonyl (C=O) groups excluding carboxylic acids is 1. The fourth-order valence-corrected chi connectivity index (χ4v) is 1.71. The molecule has 0 saturated heterocycles. The number of ether oxygens (including phenoxy) is 1. The predicted octanol–water partition coefficient (Wildman–Crippen LogP) is 1.21. The zero-order valence-corrected chi connectivity index (χ0v) is 10.2. The zero-order chi connectivity index (χ0) is 12.6. The van der Waals surface area contributed by atoms with Crippen molar-refractivity contribution in [2.75, 3.05) is 7.11 Å². The van der Waals surface area contributed by atoms with Crippen molar-refractivity contribution in [1.29, 1.82) is 0 Å². The van der Waals surface area contributed by atoms with Crippen molar-refractivity contribution >= 4 is 5.97 Å². The molecule has 6 heteroatoms. The van der Waals surface area contributed by atoms with Crippen molar-refractivity contribution in [2.45, 2.75) is 13.8 Å². The van der Waals surface area contributed by atoms with Gasteiger partial charge in [-0.2, -0.15) is 5.10 Å². The Morgan fingerprint density at radius 1 is 1.47 bits per heavy atom. The van der Waals surface area contributed by atoms with Crippen LogP contribution in [0.5, 0.6) is 0 Å². The standard InChI is InChI=1S/C11H14N4O2/c1-6-5-8(15(3)14-6)10-12-7(2)9(13-10)11(16)17-4/h5H,1-4H3,(H,12,13). The first-order chi connectivity index (χ1) is 8.02. The Labute approximate surface area is 98.6 Å². The van der Waals surface area contributed by atoms with E-state index < -0.39 is 5.97 Å². The highest BCUT2D eigenvalue weighted by Gasteiger charge is 2.17. The van der Waals surface area contributed by atoms with Crippen molar-refractivity contribution in [2.24, 2.45) is 7.05 Å². The number of esters is 1. The maximum absolute atomic E-state index is 11.4. The largest absolute Gasteiger partial charge is 0.464 e. The number of hydrogen-bond acceptors (Lipinski definition) is 4. The first kappa shape index (κ1) is 11.4. The molecule has 0 aliphatic carbocycles. The molecule has 2 aromatic rings. The van der Waals surface area contributed by atoms with Crippen molar-refractivity contribution < 1.29 is 9.53 Å². The normalized spacial score (nSPS) is 10.6. The molecule has 0 aliphatic rings. The van der Waals surface area contributed by atoms with Gasteiger partial charge in [-0.05, 0) is 19.9 Å². The Kier molecular flexibility index (Phi) is 2.71. The highest BCUT2D eigenvalue weighted by Crippen LogP contribution is 2.18. The van der Waals surface area contributed by atoms with Crippen molar-refractivity contribution in [3.05, 3.63) is 23.1 Å². The summed E-state index contributed by atoms with van der Waals surface area (Å²) in [4.78, 5) is 18.7. The number of rotatable bonds is 2. The lowest BCUT2D eigenvalue weighted by molar-refractivity contribution is 0.0594. The van der Waals surface area contributed by atoms with Crippen LogP contribution < -0.4 is 0 Å². The summed E-state index contributed by atoms with van der Waals surface area (Å²) < 4.78 is 6.37. The molecule has 2 rings (SSSR count). The van der Waals surface area contributed by atoms with Crippen LogP contribution in [0, 0.1) is 13.8 Å². The van der Waals surface area contributed by atoms with Crippen LogP contribution in [-0.2, 0) is 11.8 Å². The number of aryl methyl sites for hydroxylation is 3. The third-order valence-corrected chi connectivity index (χ3v) is 2.51. The van der Waals surface area contributed by atoms with Crippen LogP contribution in [0.25, 0.3) is 11.5 Å². The average molecular weight is 234 g/mol. The maximum Gasteiger partial charge on any atom is 0.358 e. The monoisotopic (exact) mass is 234 g/mol. The number of nitrogens with zero attached hydrogens (tertiary/aromatic N) is 3. The van der Waals surface area contributed by atoms with Gasteiger partial charge in [0.15, 0.2) is 11.5 Å². The van der Waals surface area contributed by atoms with Gasteiger partial charge in [0.1, 0.15) is 5.69 Å². The molecule has 0 atom stereocenters. The number of imidazole rings is 1. The fraction of sp³-hybridized carbons (Fsp3) is 0.364. The van der Waals surface area contributed by atoms with Gasteiger partial charge in [0, 0.05) is 12.7 Å². The van der Waals surface area contributed by atoms with Crippen LogP contribution >= 0.6 is 0 Å². The number of hydrogen-bond donors (Lipinski definition) is 1. The topological polar surface area (TPSA) is 72.8 Å². The maximum atomic E-state index is 11.4. The molecule has 2 heterocycles. The molecular formula is C11H14N4O2. The summed E-state index contributed by atoms with van der Waals surface area (Å²) in [6.45, 7) is 3.69. The van der Waals surface area contributed by atoms with E-state index in [1.165, 1.54) is 7.11 Å². The number of carbonyl (C=O) groups is 1. The zero-order valence-electron chi connectivity index (χ0n) is 10.2. The molecule has 0 aromatic carbocycles. The van der Waals surface area contributed by atoms with Crippen molar-refractivity contribution in [3.63, 3.8) is 0 Å². The highest BCUT2D eigenvalue weighted by atomic mass is 16.5. The fourth-order valence-electron chi connectivity index (χ4n) is 1.71. The van der Waals surface area contributed by atoms with Gasteiger partial charge in [0.05, 0.1) is 12.8 Å². The molecule has 0 amide bonds. The van der Waals surface area contributed by atoms with E-state index in [-0.39, 0.29) is 0 Å². The van der Waals surface area contributed by atoms with Gasteiger partial charge < -0.3 is 9.72 Å². The van der Waals surface area contributed by atoms with E-state index in [4.69, 9.17) is 0 Å². The van der Waals surface area contributed by atoms with Crippen LogP contribution in [0.4, 0.5) is 0 Å². The first-order valence-corrected chi connectivity index (χ1v) is 5.19. The molecular weight excluding hydrogens is 220 g/mol. The van der Waals surface area contributed by atoms with E-state index >= 15 is 0 Å². The summed E-state index contributed by atoms with van der Waals surface area (Å²) in [6.07, 6.45) is 0. The number of H-pyrrole nitrogens is 1. The van der Waals surface area contributed by atoms with Gasteiger partial charge in [-0.1, -0.05) is 0 Å². The SMILES string of the molecule is COC(=O)c1nc(-c2cc(C)nn2C)[nH]c1C. The summed E-state index contributed by atoms with van der Waals surface area (Å²) in [5.41, 5.74) is 2.73. The quantitative estimate of drug-likeness (QED) is 0.793. The lowest BCUT2D eigenvalue weighted by Crippen LogP contribution is -2.03. The van der Waals surface area contributed by atoms with E-state index in [1.54, 1.807) is 11.6 Å². The van der Waals surface area contributed by atoms with E-state index in [9.17, 15) is 4.79 Å².